The smallest absolute Gasteiger partial charge is 0.313 e. The first-order valence-corrected chi connectivity index (χ1v) is 6.48. The van der Waals surface area contributed by atoms with Gasteiger partial charge in [-0.1, -0.05) is 0 Å². The lowest BCUT2D eigenvalue weighted by Crippen LogP contribution is -2.30. The van der Waals surface area contributed by atoms with E-state index >= 15 is 0 Å². The summed E-state index contributed by atoms with van der Waals surface area (Å²) >= 11 is 0. The molecule has 1 aromatic rings. The topological polar surface area (TPSA) is 43.3 Å². The van der Waals surface area contributed by atoms with Crippen LogP contribution in [0.15, 0.2) is 18.5 Å². The summed E-state index contributed by atoms with van der Waals surface area (Å²) in [6.45, 7) is 5.36. The number of nitrogens with one attached hydrogen (secondary N) is 1. The minimum absolute atomic E-state index is 0.172. The molecule has 1 N–H and O–H groups in total. The quantitative estimate of drug-likeness (QED) is 0.785. The van der Waals surface area contributed by atoms with E-state index in [2.05, 4.69) is 22.1 Å². The number of methoxy groups -OCH3 is 1. The molecule has 0 aromatic carbocycles. The second-order valence-electron chi connectivity index (χ2n) is 5.72. The molecule has 0 unspecified atom stereocenters. The Morgan fingerprint density at radius 1 is 1.56 bits per heavy atom. The van der Waals surface area contributed by atoms with E-state index in [-0.39, 0.29) is 5.97 Å². The van der Waals surface area contributed by atoms with Gasteiger partial charge in [0.1, 0.15) is 0 Å². The zero-order valence-electron chi connectivity index (χ0n) is 11.4. The maximum absolute atomic E-state index is 11.6. The van der Waals surface area contributed by atoms with Gasteiger partial charge in [0.2, 0.25) is 0 Å². The molecule has 1 aliphatic rings. The van der Waals surface area contributed by atoms with E-state index in [1.165, 1.54) is 25.5 Å². The summed E-state index contributed by atoms with van der Waals surface area (Å²) in [7, 11) is 1.44. The van der Waals surface area contributed by atoms with Crippen LogP contribution in [0.5, 0.6) is 0 Å². The molecule has 18 heavy (non-hydrogen) atoms. The molecule has 0 amide bonds. The van der Waals surface area contributed by atoms with Crippen LogP contribution < -0.4 is 5.32 Å². The van der Waals surface area contributed by atoms with Crippen LogP contribution >= 0.6 is 0 Å². The van der Waals surface area contributed by atoms with Gasteiger partial charge < -0.3 is 14.6 Å². The van der Waals surface area contributed by atoms with Crippen LogP contribution in [0.1, 0.15) is 32.3 Å². The fourth-order valence-electron chi connectivity index (χ4n) is 2.04. The van der Waals surface area contributed by atoms with Gasteiger partial charge in [-0.3, -0.25) is 4.79 Å². The van der Waals surface area contributed by atoms with Gasteiger partial charge in [-0.2, -0.15) is 0 Å². The first-order chi connectivity index (χ1) is 8.51. The number of ether oxygens (including phenoxy) is 1. The van der Waals surface area contributed by atoms with Crippen molar-refractivity contribution in [2.24, 2.45) is 5.41 Å². The van der Waals surface area contributed by atoms with E-state index in [0.717, 1.165) is 12.6 Å². The van der Waals surface area contributed by atoms with Crippen LogP contribution in [0.25, 0.3) is 0 Å². The fourth-order valence-corrected chi connectivity index (χ4v) is 2.04. The summed E-state index contributed by atoms with van der Waals surface area (Å²) in [6.07, 6.45) is 6.72. The van der Waals surface area contributed by atoms with Gasteiger partial charge in [-0.05, 0) is 38.3 Å². The van der Waals surface area contributed by atoms with Gasteiger partial charge >= 0.3 is 5.97 Å². The molecule has 4 nitrogen and oxygen atoms in total. The van der Waals surface area contributed by atoms with Crippen LogP contribution in [0.3, 0.4) is 0 Å². The van der Waals surface area contributed by atoms with Crippen LogP contribution in [0.4, 0.5) is 0 Å². The molecule has 0 aliphatic heterocycles. The molecule has 0 radical (unpaired) electrons. The number of rotatable bonds is 6. The monoisotopic (exact) mass is 250 g/mol. The standard InChI is InChI=1S/C14H22N2O2/c1-14(2,13(17)18-3)10-16-7-6-11(9-16)8-15-12-4-5-12/h6-7,9,12,15H,4-5,8,10H2,1-3H3. The zero-order chi connectivity index (χ0) is 13.2. The van der Waals surface area contributed by atoms with Gasteiger partial charge in [0.05, 0.1) is 12.5 Å². The van der Waals surface area contributed by atoms with E-state index < -0.39 is 5.41 Å². The van der Waals surface area contributed by atoms with Crippen molar-refractivity contribution in [1.82, 2.24) is 9.88 Å². The Morgan fingerprint density at radius 2 is 2.28 bits per heavy atom. The number of carbonyl (C=O) groups is 1. The lowest BCUT2D eigenvalue weighted by molar-refractivity contribution is -0.151. The number of aromatic nitrogens is 1. The van der Waals surface area contributed by atoms with Crippen LogP contribution in [-0.4, -0.2) is 23.7 Å². The van der Waals surface area contributed by atoms with Crippen molar-refractivity contribution in [1.29, 1.82) is 0 Å². The highest BCUT2D eigenvalue weighted by Crippen LogP contribution is 2.21. The van der Waals surface area contributed by atoms with Crippen molar-refractivity contribution in [3.63, 3.8) is 0 Å². The maximum Gasteiger partial charge on any atom is 0.313 e. The SMILES string of the molecule is COC(=O)C(C)(C)Cn1ccc(CNC2CC2)c1. The van der Waals surface area contributed by atoms with Gasteiger partial charge in [0.15, 0.2) is 0 Å². The van der Waals surface area contributed by atoms with E-state index in [9.17, 15) is 4.79 Å². The second-order valence-corrected chi connectivity index (χ2v) is 5.72. The second kappa shape index (κ2) is 5.14. The largest absolute Gasteiger partial charge is 0.469 e. The van der Waals surface area contributed by atoms with E-state index in [1.807, 2.05) is 20.0 Å². The predicted molar refractivity (Wildman–Crippen MR) is 70.1 cm³/mol. The molecule has 100 valence electrons. The van der Waals surface area contributed by atoms with Gasteiger partial charge in [0.25, 0.3) is 0 Å². The highest BCUT2D eigenvalue weighted by Gasteiger charge is 2.29. The summed E-state index contributed by atoms with van der Waals surface area (Å²) in [5, 5.41) is 3.48. The highest BCUT2D eigenvalue weighted by atomic mass is 16.5. The molecular weight excluding hydrogens is 228 g/mol. The maximum atomic E-state index is 11.6. The summed E-state index contributed by atoms with van der Waals surface area (Å²) in [4.78, 5) is 11.6. The van der Waals surface area contributed by atoms with E-state index in [1.54, 1.807) is 0 Å². The zero-order valence-corrected chi connectivity index (χ0v) is 11.4. The normalized spacial score (nSPS) is 15.7. The van der Waals surface area contributed by atoms with Crippen molar-refractivity contribution in [3.05, 3.63) is 24.0 Å². The van der Waals surface area contributed by atoms with Crippen LogP contribution in [0, 0.1) is 5.41 Å². The molecule has 0 saturated heterocycles. The Morgan fingerprint density at radius 3 is 2.89 bits per heavy atom. The molecule has 1 aromatic heterocycles. The van der Waals surface area contributed by atoms with E-state index in [0.29, 0.717) is 6.54 Å². The minimum Gasteiger partial charge on any atom is -0.469 e. The van der Waals surface area contributed by atoms with Gasteiger partial charge in [-0.25, -0.2) is 0 Å². The highest BCUT2D eigenvalue weighted by molar-refractivity contribution is 5.75. The first kappa shape index (κ1) is 13.1. The van der Waals surface area contributed by atoms with E-state index in [4.69, 9.17) is 4.74 Å². The lowest BCUT2D eigenvalue weighted by Gasteiger charge is -2.21. The number of carbonyl (C=O) groups excluding carboxylic acids is 1. The summed E-state index contributed by atoms with van der Waals surface area (Å²) in [5.41, 5.74) is 0.775. The molecule has 1 heterocycles. The Hall–Kier alpha value is -1.29. The van der Waals surface area contributed by atoms with Crippen molar-refractivity contribution >= 4 is 5.97 Å². The van der Waals surface area contributed by atoms with Gasteiger partial charge in [0, 0.05) is 31.5 Å². The first-order valence-electron chi connectivity index (χ1n) is 6.48. The molecule has 2 rings (SSSR count). The van der Waals surface area contributed by atoms with Crippen LogP contribution in [-0.2, 0) is 22.6 Å². The fraction of sp³-hybridized carbons (Fsp3) is 0.643. The van der Waals surface area contributed by atoms with Crippen molar-refractivity contribution in [2.45, 2.75) is 45.8 Å². The number of esters is 1. The molecule has 0 bridgehead atoms. The van der Waals surface area contributed by atoms with Crippen molar-refractivity contribution < 1.29 is 9.53 Å². The molecule has 1 fully saturated rings. The molecular formula is C14H22N2O2. The number of hydrogen-bond acceptors (Lipinski definition) is 3. The number of hydrogen-bond donors (Lipinski definition) is 1. The predicted octanol–water partition coefficient (Wildman–Crippen LogP) is 1.94. The Balaban J connectivity index is 1.90. The summed E-state index contributed by atoms with van der Waals surface area (Å²) in [6, 6.07) is 2.82. The third-order valence-corrected chi connectivity index (χ3v) is 3.30. The summed E-state index contributed by atoms with van der Waals surface area (Å²) in [5.74, 6) is -0.172. The Labute approximate surface area is 108 Å². The Kier molecular flexibility index (Phi) is 3.76. The minimum atomic E-state index is -0.491. The molecule has 0 atom stereocenters. The van der Waals surface area contributed by atoms with Crippen LogP contribution in [0.2, 0.25) is 0 Å². The average Bonchev–Trinajstić information content (AvgIpc) is 3.06. The molecule has 1 saturated carbocycles. The Bertz CT molecular complexity index is 419. The van der Waals surface area contributed by atoms with Crippen molar-refractivity contribution in [3.8, 4) is 0 Å². The van der Waals surface area contributed by atoms with Gasteiger partial charge in [-0.15, -0.1) is 0 Å². The van der Waals surface area contributed by atoms with Crippen molar-refractivity contribution in [2.75, 3.05) is 7.11 Å². The third-order valence-electron chi connectivity index (χ3n) is 3.30. The average molecular weight is 250 g/mol. The summed E-state index contributed by atoms with van der Waals surface area (Å²) < 4.78 is 6.87. The molecule has 0 spiro atoms. The number of nitrogens with zero attached hydrogens (tertiary/aromatic N) is 1. The molecule has 4 heteroatoms. The molecule has 1 aliphatic carbocycles. The third kappa shape index (κ3) is 3.35. The lowest BCUT2D eigenvalue weighted by atomic mass is 9.94.